The Hall–Kier alpha value is -1.62. The number of anilines is 1. The number of halogens is 1. The van der Waals surface area contributed by atoms with E-state index in [1.54, 1.807) is 0 Å². The van der Waals surface area contributed by atoms with Crippen LogP contribution in [0.5, 0.6) is 0 Å². The van der Waals surface area contributed by atoms with E-state index in [2.05, 4.69) is 21.0 Å². The Morgan fingerprint density at radius 2 is 1.88 bits per heavy atom. The molecule has 5 heteroatoms. The van der Waals surface area contributed by atoms with Gasteiger partial charge in [-0.1, -0.05) is 28.1 Å². The molecule has 0 atom stereocenters. The number of hydrogen-bond acceptors (Lipinski definition) is 3. The Kier molecular flexibility index (Phi) is 3.05. The number of hydrogen-bond donors (Lipinski definition) is 1. The second kappa shape index (κ2) is 4.49. The monoisotopic (exact) mass is 279 g/mol. The molecule has 0 radical (unpaired) electrons. The summed E-state index contributed by atoms with van der Waals surface area (Å²) in [6, 6.07) is 10.6. The average Bonchev–Trinajstić information content (AvgIpc) is 2.27. The van der Waals surface area contributed by atoms with Gasteiger partial charge in [0.15, 0.2) is 0 Å². The summed E-state index contributed by atoms with van der Waals surface area (Å²) in [6.07, 6.45) is 0. The number of nitrogen functional groups attached to an aromatic ring is 1. The predicted octanol–water partition coefficient (Wildman–Crippen LogP) is 1.64. The van der Waals surface area contributed by atoms with Crippen LogP contribution in [0.3, 0.4) is 0 Å². The van der Waals surface area contributed by atoms with Crippen LogP contribution in [0.2, 0.25) is 0 Å². The molecule has 0 aliphatic heterocycles. The van der Waals surface area contributed by atoms with E-state index in [4.69, 9.17) is 5.73 Å². The Bertz CT molecular complexity index is 548. The molecule has 1 aromatic carbocycles. The maximum atomic E-state index is 11.5. The van der Waals surface area contributed by atoms with Crippen molar-refractivity contribution in [2.75, 3.05) is 5.73 Å². The largest absolute Gasteiger partial charge is 0.382 e. The van der Waals surface area contributed by atoms with E-state index >= 15 is 0 Å². The van der Waals surface area contributed by atoms with Gasteiger partial charge in [-0.3, -0.25) is 4.79 Å². The van der Waals surface area contributed by atoms with E-state index in [0.29, 0.717) is 12.4 Å². The van der Waals surface area contributed by atoms with E-state index < -0.39 is 0 Å². The van der Waals surface area contributed by atoms with Crippen molar-refractivity contribution >= 4 is 21.7 Å². The fourth-order valence-corrected chi connectivity index (χ4v) is 1.61. The summed E-state index contributed by atoms with van der Waals surface area (Å²) in [6.45, 7) is 0.428. The third-order valence-electron chi connectivity index (χ3n) is 2.13. The van der Waals surface area contributed by atoms with Gasteiger partial charge in [0.1, 0.15) is 5.82 Å². The quantitative estimate of drug-likeness (QED) is 0.909. The minimum atomic E-state index is -0.155. The maximum absolute atomic E-state index is 11.5. The fourth-order valence-electron chi connectivity index (χ4n) is 1.34. The van der Waals surface area contributed by atoms with Crippen LogP contribution >= 0.6 is 15.9 Å². The molecule has 0 aliphatic rings. The summed E-state index contributed by atoms with van der Waals surface area (Å²) in [7, 11) is 0. The van der Waals surface area contributed by atoms with Crippen LogP contribution in [0.15, 0.2) is 45.7 Å². The van der Waals surface area contributed by atoms with Crippen LogP contribution < -0.4 is 11.3 Å². The summed E-state index contributed by atoms with van der Waals surface area (Å²) in [4.78, 5) is 11.5. The van der Waals surface area contributed by atoms with Crippen molar-refractivity contribution in [1.82, 2.24) is 9.78 Å². The second-order valence-electron chi connectivity index (χ2n) is 3.38. The molecule has 0 bridgehead atoms. The summed E-state index contributed by atoms with van der Waals surface area (Å²) in [5.74, 6) is 0.344. The van der Waals surface area contributed by atoms with E-state index in [1.165, 1.54) is 16.8 Å². The van der Waals surface area contributed by atoms with Gasteiger partial charge in [0.05, 0.1) is 6.54 Å². The number of benzene rings is 1. The molecule has 0 unspecified atom stereocenters. The van der Waals surface area contributed by atoms with Crippen LogP contribution in [0.1, 0.15) is 5.56 Å². The summed E-state index contributed by atoms with van der Waals surface area (Å²) in [5.41, 5.74) is 6.37. The zero-order chi connectivity index (χ0) is 11.5. The van der Waals surface area contributed by atoms with Gasteiger partial charge < -0.3 is 5.73 Å². The highest BCUT2D eigenvalue weighted by atomic mass is 79.9. The van der Waals surface area contributed by atoms with Gasteiger partial charge in [-0.05, 0) is 23.8 Å². The third-order valence-corrected chi connectivity index (χ3v) is 2.66. The highest BCUT2D eigenvalue weighted by Crippen LogP contribution is 2.10. The van der Waals surface area contributed by atoms with Crippen molar-refractivity contribution in [3.8, 4) is 0 Å². The van der Waals surface area contributed by atoms with Crippen molar-refractivity contribution in [1.29, 1.82) is 0 Å². The molecule has 1 heterocycles. The van der Waals surface area contributed by atoms with Gasteiger partial charge in [-0.25, -0.2) is 4.68 Å². The van der Waals surface area contributed by atoms with E-state index in [-0.39, 0.29) is 5.56 Å². The molecule has 0 fully saturated rings. The van der Waals surface area contributed by atoms with Crippen LogP contribution in [-0.2, 0) is 6.54 Å². The van der Waals surface area contributed by atoms with Gasteiger partial charge in [0.25, 0.3) is 5.56 Å². The molecule has 2 N–H and O–H groups in total. The molecule has 16 heavy (non-hydrogen) atoms. The zero-order valence-corrected chi connectivity index (χ0v) is 10.0. The lowest BCUT2D eigenvalue weighted by Crippen LogP contribution is -2.23. The minimum absolute atomic E-state index is 0.155. The third kappa shape index (κ3) is 2.49. The second-order valence-corrected chi connectivity index (χ2v) is 4.30. The van der Waals surface area contributed by atoms with Crippen LogP contribution in [-0.4, -0.2) is 9.78 Å². The number of nitrogens with two attached hydrogens (primary N) is 1. The molecule has 0 amide bonds. The molecule has 1 aromatic heterocycles. The van der Waals surface area contributed by atoms with Gasteiger partial charge in [0.2, 0.25) is 0 Å². The molecule has 0 spiro atoms. The van der Waals surface area contributed by atoms with Crippen molar-refractivity contribution in [2.24, 2.45) is 0 Å². The summed E-state index contributed by atoms with van der Waals surface area (Å²) < 4.78 is 2.35. The molecule has 2 aromatic rings. The van der Waals surface area contributed by atoms with Crippen LogP contribution in [0, 0.1) is 0 Å². The van der Waals surface area contributed by atoms with Crippen LogP contribution in [0.4, 0.5) is 5.82 Å². The molecular weight excluding hydrogens is 270 g/mol. The Balaban J connectivity index is 2.30. The van der Waals surface area contributed by atoms with E-state index in [0.717, 1.165) is 10.0 Å². The number of rotatable bonds is 2. The first-order valence-corrected chi connectivity index (χ1v) is 5.52. The fraction of sp³-hybridized carbons (Fsp3) is 0.0909. The lowest BCUT2D eigenvalue weighted by molar-refractivity contribution is 0.644. The van der Waals surface area contributed by atoms with Crippen molar-refractivity contribution in [3.05, 3.63) is 56.8 Å². The zero-order valence-electron chi connectivity index (χ0n) is 8.43. The first kappa shape index (κ1) is 10.9. The topological polar surface area (TPSA) is 60.9 Å². The normalized spacial score (nSPS) is 10.3. The SMILES string of the molecule is Nc1ccc(=O)n(Cc2ccc(Br)cc2)n1. The lowest BCUT2D eigenvalue weighted by atomic mass is 10.2. The van der Waals surface area contributed by atoms with E-state index in [1.807, 2.05) is 24.3 Å². The van der Waals surface area contributed by atoms with Gasteiger partial charge >= 0.3 is 0 Å². The van der Waals surface area contributed by atoms with Crippen molar-refractivity contribution in [3.63, 3.8) is 0 Å². The standard InChI is InChI=1S/C11H10BrN3O/c12-9-3-1-8(2-4-9)7-15-11(16)6-5-10(13)14-15/h1-6H,7H2,(H2,13,14). The maximum Gasteiger partial charge on any atom is 0.267 e. The van der Waals surface area contributed by atoms with Crippen LogP contribution in [0.25, 0.3) is 0 Å². The number of nitrogens with zero attached hydrogens (tertiary/aromatic N) is 2. The highest BCUT2D eigenvalue weighted by molar-refractivity contribution is 9.10. The molecule has 0 saturated carbocycles. The van der Waals surface area contributed by atoms with Crippen molar-refractivity contribution < 1.29 is 0 Å². The predicted molar refractivity (Wildman–Crippen MR) is 66.2 cm³/mol. The van der Waals surface area contributed by atoms with Gasteiger partial charge in [0, 0.05) is 10.5 Å². The average molecular weight is 280 g/mol. The lowest BCUT2D eigenvalue weighted by Gasteiger charge is -2.04. The first-order chi connectivity index (χ1) is 7.65. The minimum Gasteiger partial charge on any atom is -0.382 e. The molecule has 2 rings (SSSR count). The first-order valence-electron chi connectivity index (χ1n) is 4.73. The summed E-state index contributed by atoms with van der Waals surface area (Å²) in [5, 5.41) is 3.96. The highest BCUT2D eigenvalue weighted by Gasteiger charge is 1.99. The Morgan fingerprint density at radius 1 is 1.19 bits per heavy atom. The van der Waals surface area contributed by atoms with Gasteiger partial charge in [-0.15, -0.1) is 0 Å². The molecule has 0 aliphatic carbocycles. The number of aromatic nitrogens is 2. The molecular formula is C11H10BrN3O. The molecule has 82 valence electrons. The summed E-state index contributed by atoms with van der Waals surface area (Å²) >= 11 is 3.35. The Morgan fingerprint density at radius 3 is 2.56 bits per heavy atom. The Labute approximate surface area is 101 Å². The van der Waals surface area contributed by atoms with E-state index in [9.17, 15) is 4.79 Å². The molecule has 4 nitrogen and oxygen atoms in total. The van der Waals surface area contributed by atoms with Gasteiger partial charge in [-0.2, -0.15) is 5.10 Å². The smallest absolute Gasteiger partial charge is 0.267 e. The van der Waals surface area contributed by atoms with Crippen molar-refractivity contribution in [2.45, 2.75) is 6.54 Å². The molecule has 0 saturated heterocycles.